The lowest BCUT2D eigenvalue weighted by Gasteiger charge is -2.17. The summed E-state index contributed by atoms with van der Waals surface area (Å²) in [6.07, 6.45) is 1.64. The minimum atomic E-state index is -0.163. The van der Waals surface area contributed by atoms with Crippen LogP contribution in [0.5, 0.6) is 0 Å². The molecule has 100 valence electrons. The van der Waals surface area contributed by atoms with E-state index in [4.69, 9.17) is 0 Å². The van der Waals surface area contributed by atoms with Gasteiger partial charge in [0, 0.05) is 17.6 Å². The molecule has 0 aliphatic rings. The molecule has 0 aliphatic carbocycles. The van der Waals surface area contributed by atoms with Crippen LogP contribution < -0.4 is 10.9 Å². The van der Waals surface area contributed by atoms with Crippen molar-refractivity contribution in [1.29, 1.82) is 0 Å². The van der Waals surface area contributed by atoms with Crippen molar-refractivity contribution in [3.63, 3.8) is 0 Å². The van der Waals surface area contributed by atoms with Crippen molar-refractivity contribution in [1.82, 2.24) is 9.78 Å². The van der Waals surface area contributed by atoms with Crippen LogP contribution in [0.15, 0.2) is 44.2 Å². The van der Waals surface area contributed by atoms with Gasteiger partial charge in [0.2, 0.25) is 0 Å². The van der Waals surface area contributed by atoms with Gasteiger partial charge in [-0.15, -0.1) is 0 Å². The van der Waals surface area contributed by atoms with Crippen LogP contribution in [0.3, 0.4) is 0 Å². The average Bonchev–Trinajstić information content (AvgIpc) is 2.40. The minimum Gasteiger partial charge on any atom is -0.376 e. The zero-order valence-electron chi connectivity index (χ0n) is 10.5. The Balaban J connectivity index is 2.30. The molecule has 19 heavy (non-hydrogen) atoms. The molecule has 1 unspecified atom stereocenters. The maximum absolute atomic E-state index is 11.8. The Bertz CT molecular complexity index is 655. The fraction of sp³-hybridized carbons (Fsp3) is 0.231. The van der Waals surface area contributed by atoms with E-state index in [2.05, 4.69) is 42.3 Å². The Morgan fingerprint density at radius 3 is 2.68 bits per heavy atom. The van der Waals surface area contributed by atoms with Gasteiger partial charge in [-0.1, -0.05) is 34.1 Å². The molecule has 0 radical (unpaired) electrons. The summed E-state index contributed by atoms with van der Waals surface area (Å²) in [7, 11) is 1.62. The molecular formula is C13H13Br2N3O. The molecule has 2 aromatic rings. The standard InChI is InChI=1S/C13H13Br2N3O/c1-8(9-5-3-4-6-10(9)14)17-11-7-16-18(2)13(19)12(11)15/h3-8,17H,1-2H3. The smallest absolute Gasteiger partial charge is 0.282 e. The zero-order chi connectivity index (χ0) is 14.0. The molecule has 0 saturated heterocycles. The van der Waals surface area contributed by atoms with Crippen LogP contribution in [0.4, 0.5) is 5.69 Å². The van der Waals surface area contributed by atoms with Crippen molar-refractivity contribution in [3.05, 3.63) is 55.3 Å². The number of aryl methyl sites for hydroxylation is 1. The first-order valence-corrected chi connectivity index (χ1v) is 7.32. The summed E-state index contributed by atoms with van der Waals surface area (Å²) in [5.74, 6) is 0. The number of nitrogens with zero attached hydrogens (tertiary/aromatic N) is 2. The molecular weight excluding hydrogens is 374 g/mol. The lowest BCUT2D eigenvalue weighted by Crippen LogP contribution is -2.22. The molecule has 1 aromatic heterocycles. The third-order valence-electron chi connectivity index (χ3n) is 2.82. The molecule has 0 spiro atoms. The molecule has 1 heterocycles. The highest BCUT2D eigenvalue weighted by atomic mass is 79.9. The fourth-order valence-corrected chi connectivity index (χ4v) is 2.85. The van der Waals surface area contributed by atoms with E-state index in [0.29, 0.717) is 10.2 Å². The van der Waals surface area contributed by atoms with E-state index in [1.165, 1.54) is 4.68 Å². The highest BCUT2D eigenvalue weighted by molar-refractivity contribution is 9.10. The lowest BCUT2D eigenvalue weighted by molar-refractivity contribution is 0.701. The first kappa shape index (κ1) is 14.3. The van der Waals surface area contributed by atoms with Gasteiger partial charge in [-0.05, 0) is 34.5 Å². The summed E-state index contributed by atoms with van der Waals surface area (Å²) in [6, 6.07) is 8.03. The van der Waals surface area contributed by atoms with Crippen molar-refractivity contribution in [2.24, 2.45) is 7.05 Å². The number of hydrogen-bond acceptors (Lipinski definition) is 3. The molecule has 0 fully saturated rings. The number of nitrogens with one attached hydrogen (secondary N) is 1. The zero-order valence-corrected chi connectivity index (χ0v) is 13.7. The monoisotopic (exact) mass is 385 g/mol. The van der Waals surface area contributed by atoms with Gasteiger partial charge in [-0.2, -0.15) is 5.10 Å². The van der Waals surface area contributed by atoms with E-state index in [-0.39, 0.29) is 11.6 Å². The first-order valence-electron chi connectivity index (χ1n) is 5.73. The van der Waals surface area contributed by atoms with Crippen LogP contribution in [-0.2, 0) is 7.05 Å². The second-order valence-electron chi connectivity index (χ2n) is 4.19. The quantitative estimate of drug-likeness (QED) is 0.878. The van der Waals surface area contributed by atoms with Gasteiger partial charge in [0.25, 0.3) is 5.56 Å². The Labute approximate surface area is 128 Å². The number of halogens is 2. The van der Waals surface area contributed by atoms with Crippen LogP contribution in [0.1, 0.15) is 18.5 Å². The summed E-state index contributed by atoms with van der Waals surface area (Å²) in [6.45, 7) is 2.03. The molecule has 0 amide bonds. The Hall–Kier alpha value is -1.14. The van der Waals surface area contributed by atoms with E-state index in [1.807, 2.05) is 31.2 Å². The van der Waals surface area contributed by atoms with Crippen molar-refractivity contribution < 1.29 is 0 Å². The molecule has 0 bridgehead atoms. The molecule has 1 atom stereocenters. The summed E-state index contributed by atoms with van der Waals surface area (Å²) in [4.78, 5) is 11.8. The van der Waals surface area contributed by atoms with E-state index >= 15 is 0 Å². The van der Waals surface area contributed by atoms with Gasteiger partial charge in [-0.3, -0.25) is 4.79 Å². The number of rotatable bonds is 3. The molecule has 6 heteroatoms. The van der Waals surface area contributed by atoms with E-state index in [0.717, 1.165) is 10.0 Å². The second-order valence-corrected chi connectivity index (χ2v) is 5.84. The van der Waals surface area contributed by atoms with Gasteiger partial charge in [0.15, 0.2) is 0 Å². The van der Waals surface area contributed by atoms with E-state index in [9.17, 15) is 4.79 Å². The van der Waals surface area contributed by atoms with Gasteiger partial charge in [0.05, 0.1) is 11.9 Å². The largest absolute Gasteiger partial charge is 0.376 e. The molecule has 2 rings (SSSR count). The van der Waals surface area contributed by atoms with E-state index < -0.39 is 0 Å². The van der Waals surface area contributed by atoms with Crippen molar-refractivity contribution in [2.45, 2.75) is 13.0 Å². The lowest BCUT2D eigenvalue weighted by atomic mass is 10.1. The summed E-state index contributed by atoms with van der Waals surface area (Å²) < 4.78 is 2.81. The van der Waals surface area contributed by atoms with Gasteiger partial charge in [0.1, 0.15) is 4.47 Å². The van der Waals surface area contributed by atoms with Gasteiger partial charge < -0.3 is 5.32 Å². The normalized spacial score (nSPS) is 12.2. The highest BCUT2D eigenvalue weighted by Gasteiger charge is 2.12. The van der Waals surface area contributed by atoms with Crippen LogP contribution in [0.25, 0.3) is 0 Å². The highest BCUT2D eigenvalue weighted by Crippen LogP contribution is 2.27. The number of anilines is 1. The predicted molar refractivity (Wildman–Crippen MR) is 83.4 cm³/mol. The van der Waals surface area contributed by atoms with Gasteiger partial charge in [-0.25, -0.2) is 4.68 Å². The van der Waals surface area contributed by atoms with Crippen molar-refractivity contribution in [3.8, 4) is 0 Å². The van der Waals surface area contributed by atoms with Crippen LogP contribution in [0.2, 0.25) is 0 Å². The predicted octanol–water partition coefficient (Wildman–Crippen LogP) is 3.48. The summed E-state index contributed by atoms with van der Waals surface area (Å²) in [5.41, 5.74) is 1.64. The number of hydrogen-bond donors (Lipinski definition) is 1. The molecule has 1 N–H and O–H groups in total. The Morgan fingerprint density at radius 2 is 2.00 bits per heavy atom. The molecule has 0 saturated carbocycles. The van der Waals surface area contributed by atoms with Crippen LogP contribution >= 0.6 is 31.9 Å². The SMILES string of the molecule is CC(Nc1cnn(C)c(=O)c1Br)c1ccccc1Br. The van der Waals surface area contributed by atoms with Crippen molar-refractivity contribution >= 4 is 37.5 Å². The molecule has 0 aliphatic heterocycles. The van der Waals surface area contributed by atoms with Gasteiger partial charge >= 0.3 is 0 Å². The number of aromatic nitrogens is 2. The molecule has 1 aromatic carbocycles. The average molecular weight is 387 g/mol. The van der Waals surface area contributed by atoms with Crippen LogP contribution in [0, 0.1) is 0 Å². The molecule has 4 nitrogen and oxygen atoms in total. The first-order chi connectivity index (χ1) is 9.00. The topological polar surface area (TPSA) is 46.9 Å². The summed E-state index contributed by atoms with van der Waals surface area (Å²) >= 11 is 6.82. The third-order valence-corrected chi connectivity index (χ3v) is 4.31. The maximum Gasteiger partial charge on any atom is 0.282 e. The maximum atomic E-state index is 11.8. The third kappa shape index (κ3) is 3.06. The van der Waals surface area contributed by atoms with E-state index in [1.54, 1.807) is 13.2 Å². The number of benzene rings is 1. The van der Waals surface area contributed by atoms with Crippen molar-refractivity contribution in [2.75, 3.05) is 5.32 Å². The fourth-order valence-electron chi connectivity index (χ4n) is 1.75. The minimum absolute atomic E-state index is 0.0563. The Morgan fingerprint density at radius 1 is 1.32 bits per heavy atom. The Kier molecular flexibility index (Phi) is 4.42. The summed E-state index contributed by atoms with van der Waals surface area (Å²) in [5, 5.41) is 7.29. The second kappa shape index (κ2) is 5.88. The van der Waals surface area contributed by atoms with Crippen LogP contribution in [-0.4, -0.2) is 9.78 Å².